The van der Waals surface area contributed by atoms with Crippen LogP contribution in [-0.4, -0.2) is 17.7 Å². The Morgan fingerprint density at radius 2 is 1.71 bits per heavy atom. The number of rotatable bonds is 6. The van der Waals surface area contributed by atoms with Crippen molar-refractivity contribution >= 4 is 30.1 Å². The predicted octanol–water partition coefficient (Wildman–Crippen LogP) is 1.80. The molecule has 0 atom stereocenters. The van der Waals surface area contributed by atoms with Crippen LogP contribution < -0.4 is 10.6 Å². The topological polar surface area (TPSA) is 58.2 Å². The van der Waals surface area contributed by atoms with Crippen molar-refractivity contribution in [2.24, 2.45) is 0 Å². The second-order valence-electron chi connectivity index (χ2n) is 3.53. The second kappa shape index (κ2) is 7.73. The third kappa shape index (κ3) is 5.97. The molecule has 4 nitrogen and oxygen atoms in total. The first-order valence-corrected chi connectivity index (χ1v) is 6.08. The van der Waals surface area contributed by atoms with Gasteiger partial charge in [0.2, 0.25) is 11.8 Å². The van der Waals surface area contributed by atoms with Gasteiger partial charge in [0.1, 0.15) is 0 Å². The summed E-state index contributed by atoms with van der Waals surface area (Å²) in [6.45, 7) is 0. The molecule has 0 aliphatic rings. The molecule has 2 amide bonds. The van der Waals surface area contributed by atoms with Gasteiger partial charge >= 0.3 is 0 Å². The number of carbonyl (C=O) groups is 2. The van der Waals surface area contributed by atoms with Crippen molar-refractivity contribution in [3.05, 3.63) is 30.3 Å². The Morgan fingerprint density at radius 1 is 1.06 bits per heavy atom. The quantitative estimate of drug-likeness (QED) is 0.534. The maximum atomic E-state index is 11.5. The summed E-state index contributed by atoms with van der Waals surface area (Å²) < 4.78 is 0. The zero-order valence-electron chi connectivity index (χ0n) is 9.48. The molecule has 17 heavy (non-hydrogen) atoms. The smallest absolute Gasteiger partial charge is 0.224 e. The Kier molecular flexibility index (Phi) is 6.17. The normalized spacial score (nSPS) is 9.71. The van der Waals surface area contributed by atoms with Crippen molar-refractivity contribution in [1.82, 2.24) is 5.32 Å². The first-order valence-electron chi connectivity index (χ1n) is 5.45. The molecule has 0 radical (unpaired) electrons. The predicted molar refractivity (Wildman–Crippen MR) is 70.9 cm³/mol. The van der Waals surface area contributed by atoms with Crippen LogP contribution in [0.3, 0.4) is 0 Å². The molecule has 0 fully saturated rings. The number of anilines is 1. The van der Waals surface area contributed by atoms with Gasteiger partial charge < -0.3 is 10.6 Å². The highest BCUT2D eigenvalue weighted by atomic mass is 32.1. The van der Waals surface area contributed by atoms with E-state index in [2.05, 4.69) is 23.3 Å². The van der Waals surface area contributed by atoms with E-state index in [-0.39, 0.29) is 11.8 Å². The highest BCUT2D eigenvalue weighted by Gasteiger charge is 2.04. The summed E-state index contributed by atoms with van der Waals surface area (Å²) in [4.78, 5) is 22.6. The van der Waals surface area contributed by atoms with E-state index in [0.717, 1.165) is 5.69 Å². The Labute approximate surface area is 106 Å². The monoisotopic (exact) mass is 252 g/mol. The molecule has 0 aliphatic heterocycles. The van der Waals surface area contributed by atoms with Crippen LogP contribution in [0.5, 0.6) is 0 Å². The van der Waals surface area contributed by atoms with Gasteiger partial charge in [-0.25, -0.2) is 0 Å². The minimum absolute atomic E-state index is 0.0742. The zero-order chi connectivity index (χ0) is 12.5. The lowest BCUT2D eigenvalue weighted by molar-refractivity contribution is -0.121. The van der Waals surface area contributed by atoms with E-state index in [1.807, 2.05) is 30.3 Å². The molecule has 5 heteroatoms. The van der Waals surface area contributed by atoms with Crippen LogP contribution in [0.15, 0.2) is 30.3 Å². The van der Waals surface area contributed by atoms with E-state index in [9.17, 15) is 9.59 Å². The zero-order valence-corrected chi connectivity index (χ0v) is 10.4. The number of thiol groups is 1. The first-order chi connectivity index (χ1) is 8.22. The molecule has 0 heterocycles. The summed E-state index contributed by atoms with van der Waals surface area (Å²) in [5, 5.41) is 5.32. The first kappa shape index (κ1) is 13.6. The molecule has 92 valence electrons. The number of benzene rings is 1. The molecule has 0 bridgehead atoms. The lowest BCUT2D eigenvalue weighted by Crippen LogP contribution is -2.21. The minimum atomic E-state index is -0.0764. The maximum absolute atomic E-state index is 11.5. The van der Waals surface area contributed by atoms with Gasteiger partial charge in [0, 0.05) is 18.5 Å². The highest BCUT2D eigenvalue weighted by Crippen LogP contribution is 2.06. The molecule has 1 aromatic carbocycles. The van der Waals surface area contributed by atoms with Crippen LogP contribution in [0.2, 0.25) is 0 Å². The van der Waals surface area contributed by atoms with E-state index < -0.39 is 0 Å². The summed E-state index contributed by atoms with van der Waals surface area (Å²) in [6.07, 6.45) is 1.23. The van der Waals surface area contributed by atoms with Crippen LogP contribution in [0.25, 0.3) is 0 Å². The van der Waals surface area contributed by atoms with Gasteiger partial charge in [-0.2, -0.15) is 12.6 Å². The molecule has 0 aromatic heterocycles. The number of para-hydroxylation sites is 1. The van der Waals surface area contributed by atoms with Gasteiger partial charge in [0.15, 0.2) is 0 Å². The lowest BCUT2D eigenvalue weighted by Gasteiger charge is -2.04. The van der Waals surface area contributed by atoms with Gasteiger partial charge in [-0.3, -0.25) is 9.59 Å². The van der Waals surface area contributed by atoms with Crippen molar-refractivity contribution in [2.75, 3.05) is 11.2 Å². The fourth-order valence-corrected chi connectivity index (χ4v) is 1.51. The maximum Gasteiger partial charge on any atom is 0.224 e. The van der Waals surface area contributed by atoms with Crippen LogP contribution >= 0.6 is 12.6 Å². The second-order valence-corrected chi connectivity index (χ2v) is 3.84. The molecule has 0 saturated heterocycles. The summed E-state index contributed by atoms with van der Waals surface area (Å²) in [7, 11) is 0. The SMILES string of the molecule is O=C(CCCC(=O)Nc1ccccc1)NCS. The lowest BCUT2D eigenvalue weighted by atomic mass is 10.2. The molecule has 0 spiro atoms. The van der Waals surface area contributed by atoms with E-state index in [1.165, 1.54) is 0 Å². The molecule has 1 aromatic rings. The summed E-state index contributed by atoms with van der Waals surface area (Å²) in [5.74, 6) is 0.178. The number of nitrogens with one attached hydrogen (secondary N) is 2. The average molecular weight is 252 g/mol. The molecular weight excluding hydrogens is 236 g/mol. The summed E-state index contributed by atoms with van der Waals surface area (Å²) in [6, 6.07) is 9.25. The third-order valence-corrected chi connectivity index (χ3v) is 2.30. The van der Waals surface area contributed by atoms with Gasteiger partial charge in [0.25, 0.3) is 0 Å². The third-order valence-electron chi connectivity index (χ3n) is 2.14. The standard InChI is InChI=1S/C12H16N2O2S/c15-11(13-9-17)7-4-8-12(16)14-10-5-2-1-3-6-10/h1-3,5-6,17H,4,7-9H2,(H,13,15)(H,14,16). The van der Waals surface area contributed by atoms with Crippen LogP contribution in [0.1, 0.15) is 19.3 Å². The number of hydrogen-bond acceptors (Lipinski definition) is 3. The van der Waals surface area contributed by atoms with Crippen molar-refractivity contribution in [3.63, 3.8) is 0 Å². The highest BCUT2D eigenvalue weighted by molar-refractivity contribution is 7.80. The molecular formula is C12H16N2O2S. The van der Waals surface area contributed by atoms with Crippen LogP contribution in [0.4, 0.5) is 5.69 Å². The number of hydrogen-bond donors (Lipinski definition) is 3. The Hall–Kier alpha value is -1.49. The van der Waals surface area contributed by atoms with Gasteiger partial charge in [-0.05, 0) is 18.6 Å². The molecule has 0 aliphatic carbocycles. The van der Waals surface area contributed by atoms with Crippen molar-refractivity contribution < 1.29 is 9.59 Å². The number of carbonyl (C=O) groups excluding carboxylic acids is 2. The average Bonchev–Trinajstić information content (AvgIpc) is 2.30. The number of amides is 2. The van der Waals surface area contributed by atoms with E-state index in [1.54, 1.807) is 0 Å². The van der Waals surface area contributed by atoms with Gasteiger partial charge in [0.05, 0.1) is 5.88 Å². The van der Waals surface area contributed by atoms with Gasteiger partial charge in [-0.1, -0.05) is 18.2 Å². The van der Waals surface area contributed by atoms with E-state index in [0.29, 0.717) is 25.1 Å². The molecule has 2 N–H and O–H groups in total. The van der Waals surface area contributed by atoms with Crippen LogP contribution in [0, 0.1) is 0 Å². The fraction of sp³-hybridized carbons (Fsp3) is 0.333. The summed E-state index contributed by atoms with van der Waals surface area (Å²) in [5.41, 5.74) is 0.775. The Bertz CT molecular complexity index is 368. The Balaban J connectivity index is 2.20. The van der Waals surface area contributed by atoms with Crippen molar-refractivity contribution in [3.8, 4) is 0 Å². The largest absolute Gasteiger partial charge is 0.347 e. The minimum Gasteiger partial charge on any atom is -0.347 e. The summed E-state index contributed by atoms with van der Waals surface area (Å²) >= 11 is 3.88. The molecule has 1 rings (SSSR count). The molecule has 0 saturated carbocycles. The van der Waals surface area contributed by atoms with Gasteiger partial charge in [-0.15, -0.1) is 0 Å². The van der Waals surface area contributed by atoms with Crippen molar-refractivity contribution in [2.45, 2.75) is 19.3 Å². The van der Waals surface area contributed by atoms with E-state index in [4.69, 9.17) is 0 Å². The van der Waals surface area contributed by atoms with Crippen molar-refractivity contribution in [1.29, 1.82) is 0 Å². The van der Waals surface area contributed by atoms with Crippen LogP contribution in [-0.2, 0) is 9.59 Å². The fourth-order valence-electron chi connectivity index (χ4n) is 1.33. The van der Waals surface area contributed by atoms with E-state index >= 15 is 0 Å². The Morgan fingerprint density at radius 3 is 2.35 bits per heavy atom. The molecule has 0 unspecified atom stereocenters.